The Hall–Kier alpha value is -1.27. The van der Waals surface area contributed by atoms with Gasteiger partial charge in [0.25, 0.3) is 0 Å². The van der Waals surface area contributed by atoms with Gasteiger partial charge in [-0.3, -0.25) is 4.79 Å². The van der Waals surface area contributed by atoms with Crippen LogP contribution in [0.2, 0.25) is 5.02 Å². The number of hydrogen-bond donors (Lipinski definition) is 1. The van der Waals surface area contributed by atoms with E-state index in [9.17, 15) is 13.2 Å². The second-order valence-electron chi connectivity index (χ2n) is 4.02. The molecule has 106 valence electrons. The zero-order valence-electron chi connectivity index (χ0n) is 10.9. The number of halogens is 1. The van der Waals surface area contributed by atoms with Gasteiger partial charge < -0.3 is 10.1 Å². The molecule has 1 unspecified atom stereocenters. The molecule has 0 bridgehead atoms. The maximum absolute atomic E-state index is 12.1. The van der Waals surface area contributed by atoms with Gasteiger partial charge in [-0.25, -0.2) is 8.42 Å². The lowest BCUT2D eigenvalue weighted by atomic mass is 10.2. The molecule has 0 aliphatic heterocycles. The lowest BCUT2D eigenvalue weighted by Crippen LogP contribution is -2.36. The summed E-state index contributed by atoms with van der Waals surface area (Å²) in [4.78, 5) is 11.4. The Morgan fingerprint density at radius 3 is 2.63 bits per heavy atom. The van der Waals surface area contributed by atoms with Gasteiger partial charge in [-0.2, -0.15) is 0 Å². The van der Waals surface area contributed by atoms with Crippen LogP contribution in [0.5, 0.6) is 5.75 Å². The monoisotopic (exact) mass is 305 g/mol. The minimum Gasteiger partial charge on any atom is -0.496 e. The lowest BCUT2D eigenvalue weighted by Gasteiger charge is -2.13. The highest BCUT2D eigenvalue weighted by atomic mass is 35.5. The van der Waals surface area contributed by atoms with Crippen molar-refractivity contribution >= 4 is 27.3 Å². The second kappa shape index (κ2) is 6.25. The Bertz CT molecular complexity index is 571. The van der Waals surface area contributed by atoms with Gasteiger partial charge in [-0.15, -0.1) is 0 Å². The van der Waals surface area contributed by atoms with Gasteiger partial charge in [0, 0.05) is 17.6 Å². The molecule has 0 heterocycles. The number of rotatable bonds is 5. The molecule has 1 atom stereocenters. The minimum absolute atomic E-state index is 0.300. The van der Waals surface area contributed by atoms with E-state index in [1.807, 2.05) is 0 Å². The van der Waals surface area contributed by atoms with Crippen molar-refractivity contribution in [3.8, 4) is 5.75 Å². The zero-order valence-corrected chi connectivity index (χ0v) is 12.5. The molecule has 1 aromatic carbocycles. The number of ether oxygens (including phenoxy) is 1. The van der Waals surface area contributed by atoms with Crippen LogP contribution in [0.15, 0.2) is 18.2 Å². The van der Waals surface area contributed by atoms with Crippen LogP contribution in [-0.2, 0) is 20.4 Å². The molecular weight excluding hydrogens is 290 g/mol. The molecule has 7 heteroatoms. The Morgan fingerprint density at radius 2 is 2.11 bits per heavy atom. The lowest BCUT2D eigenvalue weighted by molar-refractivity contribution is -0.119. The van der Waals surface area contributed by atoms with Gasteiger partial charge in [0.2, 0.25) is 5.91 Å². The first kappa shape index (κ1) is 15.8. The van der Waals surface area contributed by atoms with E-state index in [4.69, 9.17) is 16.3 Å². The van der Waals surface area contributed by atoms with Crippen molar-refractivity contribution < 1.29 is 17.9 Å². The van der Waals surface area contributed by atoms with Gasteiger partial charge in [-0.05, 0) is 25.1 Å². The van der Waals surface area contributed by atoms with Gasteiger partial charge in [0.1, 0.15) is 11.0 Å². The summed E-state index contributed by atoms with van der Waals surface area (Å²) in [5, 5.41) is 1.61. The number of methoxy groups -OCH3 is 1. The zero-order chi connectivity index (χ0) is 14.6. The summed E-state index contributed by atoms with van der Waals surface area (Å²) in [5.41, 5.74) is 0.436. The molecule has 0 aliphatic carbocycles. The van der Waals surface area contributed by atoms with Crippen LogP contribution in [0.3, 0.4) is 0 Å². The van der Waals surface area contributed by atoms with E-state index < -0.39 is 21.0 Å². The summed E-state index contributed by atoms with van der Waals surface area (Å²) in [6.07, 6.45) is 0. The summed E-state index contributed by atoms with van der Waals surface area (Å²) in [7, 11) is -0.782. The van der Waals surface area contributed by atoms with Gasteiger partial charge in [0.05, 0.1) is 12.9 Å². The van der Waals surface area contributed by atoms with Crippen molar-refractivity contribution in [3.63, 3.8) is 0 Å². The van der Waals surface area contributed by atoms with E-state index in [0.29, 0.717) is 16.3 Å². The van der Waals surface area contributed by atoms with Crippen LogP contribution in [0.25, 0.3) is 0 Å². The standard InChI is InChI=1S/C12H16ClNO4S/c1-8(12(15)14-2)19(16,17)7-9-6-10(13)4-5-11(9)18-3/h4-6,8H,7H2,1-3H3,(H,14,15). The highest BCUT2D eigenvalue weighted by Crippen LogP contribution is 2.25. The number of sulfone groups is 1. The fourth-order valence-electron chi connectivity index (χ4n) is 1.57. The summed E-state index contributed by atoms with van der Waals surface area (Å²) in [6, 6.07) is 4.73. The number of amides is 1. The average molecular weight is 306 g/mol. The van der Waals surface area contributed by atoms with E-state index in [1.54, 1.807) is 12.1 Å². The van der Waals surface area contributed by atoms with Crippen LogP contribution in [0.4, 0.5) is 0 Å². The number of carbonyl (C=O) groups is 1. The molecule has 5 nitrogen and oxygen atoms in total. The van der Waals surface area contributed by atoms with Gasteiger partial charge in [0.15, 0.2) is 9.84 Å². The van der Waals surface area contributed by atoms with Crippen molar-refractivity contribution in [2.75, 3.05) is 14.2 Å². The Balaban J connectivity index is 3.08. The molecule has 1 aromatic rings. The van der Waals surface area contributed by atoms with Crippen LogP contribution in [-0.4, -0.2) is 33.7 Å². The molecule has 0 saturated heterocycles. The smallest absolute Gasteiger partial charge is 0.237 e. The van der Waals surface area contributed by atoms with Crippen molar-refractivity contribution in [3.05, 3.63) is 28.8 Å². The number of hydrogen-bond acceptors (Lipinski definition) is 4. The van der Waals surface area contributed by atoms with E-state index in [-0.39, 0.29) is 5.75 Å². The van der Waals surface area contributed by atoms with E-state index in [0.717, 1.165) is 0 Å². The molecule has 0 aliphatic rings. The van der Waals surface area contributed by atoms with Crippen LogP contribution in [0.1, 0.15) is 12.5 Å². The number of carbonyl (C=O) groups excluding carboxylic acids is 1. The van der Waals surface area contributed by atoms with Gasteiger partial charge >= 0.3 is 0 Å². The Labute approximate surface area is 117 Å². The molecule has 19 heavy (non-hydrogen) atoms. The fraction of sp³-hybridized carbons (Fsp3) is 0.417. The average Bonchev–Trinajstić information content (AvgIpc) is 2.36. The third-order valence-corrected chi connectivity index (χ3v) is 4.99. The SMILES string of the molecule is CNC(=O)C(C)S(=O)(=O)Cc1cc(Cl)ccc1OC. The third-order valence-electron chi connectivity index (χ3n) is 2.75. The summed E-state index contributed by atoms with van der Waals surface area (Å²) in [6.45, 7) is 1.35. The van der Waals surface area contributed by atoms with E-state index in [1.165, 1.54) is 27.1 Å². The molecule has 0 saturated carbocycles. The van der Waals surface area contributed by atoms with Crippen molar-refractivity contribution in [1.82, 2.24) is 5.32 Å². The summed E-state index contributed by atoms with van der Waals surface area (Å²) >= 11 is 5.84. The highest BCUT2D eigenvalue weighted by molar-refractivity contribution is 7.92. The third kappa shape index (κ3) is 3.84. The molecular formula is C12H16ClNO4S. The first-order valence-corrected chi connectivity index (χ1v) is 7.66. The number of nitrogens with one attached hydrogen (secondary N) is 1. The molecule has 0 fully saturated rings. The Morgan fingerprint density at radius 1 is 1.47 bits per heavy atom. The maximum Gasteiger partial charge on any atom is 0.237 e. The van der Waals surface area contributed by atoms with Gasteiger partial charge in [-0.1, -0.05) is 11.6 Å². The second-order valence-corrected chi connectivity index (χ2v) is 6.78. The van der Waals surface area contributed by atoms with E-state index in [2.05, 4.69) is 5.32 Å². The predicted octanol–water partition coefficient (Wildman–Crippen LogP) is 1.40. The van der Waals surface area contributed by atoms with Crippen LogP contribution < -0.4 is 10.1 Å². The highest BCUT2D eigenvalue weighted by Gasteiger charge is 2.28. The first-order chi connectivity index (χ1) is 8.81. The van der Waals surface area contributed by atoms with Crippen LogP contribution >= 0.6 is 11.6 Å². The first-order valence-electron chi connectivity index (χ1n) is 5.57. The molecule has 0 radical (unpaired) electrons. The maximum atomic E-state index is 12.1. The van der Waals surface area contributed by atoms with E-state index >= 15 is 0 Å². The molecule has 1 amide bonds. The normalized spacial score (nSPS) is 12.8. The fourth-order valence-corrected chi connectivity index (χ4v) is 3.12. The van der Waals surface area contributed by atoms with Crippen molar-refractivity contribution in [1.29, 1.82) is 0 Å². The van der Waals surface area contributed by atoms with Crippen molar-refractivity contribution in [2.45, 2.75) is 17.9 Å². The van der Waals surface area contributed by atoms with Crippen LogP contribution in [0, 0.1) is 0 Å². The topological polar surface area (TPSA) is 72.5 Å². The molecule has 0 spiro atoms. The minimum atomic E-state index is -3.62. The number of benzene rings is 1. The predicted molar refractivity (Wildman–Crippen MR) is 74.2 cm³/mol. The molecule has 0 aromatic heterocycles. The summed E-state index contributed by atoms with van der Waals surface area (Å²) < 4.78 is 29.3. The molecule has 1 rings (SSSR count). The quantitative estimate of drug-likeness (QED) is 0.892. The Kier molecular flexibility index (Phi) is 5.20. The van der Waals surface area contributed by atoms with Crippen molar-refractivity contribution in [2.24, 2.45) is 0 Å². The largest absolute Gasteiger partial charge is 0.496 e. The molecule has 1 N–H and O–H groups in total. The summed E-state index contributed by atoms with van der Waals surface area (Å²) in [5.74, 6) is -0.413.